The van der Waals surface area contributed by atoms with Gasteiger partial charge in [0.2, 0.25) is 0 Å². The smallest absolute Gasteiger partial charge is 0.271 e. The van der Waals surface area contributed by atoms with E-state index in [2.05, 4.69) is 26.6 Å². The first-order valence-corrected chi connectivity index (χ1v) is 6.87. The normalized spacial score (nSPS) is 10.7. The fraction of sp³-hybridized carbons (Fsp3) is 0.188. The maximum atomic E-state index is 11.9. The molecule has 0 atom stereocenters. The van der Waals surface area contributed by atoms with Gasteiger partial charge in [-0.1, -0.05) is 18.2 Å². The number of fused-ring (bicyclic) bond motifs is 1. The molecule has 0 aliphatic carbocycles. The predicted molar refractivity (Wildman–Crippen MR) is 81.1 cm³/mol. The fourth-order valence-corrected chi connectivity index (χ4v) is 2.26. The Morgan fingerprint density at radius 3 is 2.86 bits per heavy atom. The van der Waals surface area contributed by atoms with E-state index in [1.54, 1.807) is 12.1 Å². The number of hydrogen-bond acceptors (Lipinski definition) is 3. The zero-order valence-electron chi connectivity index (χ0n) is 11.8. The third-order valence-corrected chi connectivity index (χ3v) is 3.39. The summed E-state index contributed by atoms with van der Waals surface area (Å²) in [5.74, 6) is -0.192. The van der Waals surface area contributed by atoms with Gasteiger partial charge in [-0.05, 0) is 37.1 Å². The number of nitrogens with zero attached hydrogens (tertiary/aromatic N) is 2. The molecule has 0 saturated heterocycles. The summed E-state index contributed by atoms with van der Waals surface area (Å²) >= 11 is 0. The molecule has 106 valence electrons. The number of amides is 1. The number of carbonyl (C=O) groups excluding carboxylic acids is 1. The number of aryl methyl sites for hydroxylation is 1. The van der Waals surface area contributed by atoms with Crippen LogP contribution in [0.3, 0.4) is 0 Å². The van der Waals surface area contributed by atoms with Crippen LogP contribution in [0, 0.1) is 6.92 Å². The van der Waals surface area contributed by atoms with E-state index in [9.17, 15) is 4.79 Å². The molecule has 0 saturated carbocycles. The Morgan fingerprint density at radius 2 is 2.05 bits per heavy atom. The largest absolute Gasteiger partial charge is 0.361 e. The summed E-state index contributed by atoms with van der Waals surface area (Å²) < 4.78 is 0. The Bertz CT molecular complexity index is 761. The molecule has 2 N–H and O–H groups in total. The summed E-state index contributed by atoms with van der Waals surface area (Å²) in [6.07, 6.45) is 2.76. The van der Waals surface area contributed by atoms with Gasteiger partial charge < -0.3 is 10.3 Å². The van der Waals surface area contributed by atoms with Crippen molar-refractivity contribution >= 4 is 16.8 Å². The summed E-state index contributed by atoms with van der Waals surface area (Å²) in [7, 11) is 0. The topological polar surface area (TPSA) is 70.7 Å². The van der Waals surface area contributed by atoms with E-state index in [0.717, 1.165) is 17.6 Å². The minimum Gasteiger partial charge on any atom is -0.361 e. The second-order valence-electron chi connectivity index (χ2n) is 4.93. The first kappa shape index (κ1) is 13.3. The van der Waals surface area contributed by atoms with Gasteiger partial charge in [-0.25, -0.2) is 0 Å². The molecule has 0 aliphatic heterocycles. The van der Waals surface area contributed by atoms with Crippen LogP contribution in [0.4, 0.5) is 0 Å². The van der Waals surface area contributed by atoms with Crippen molar-refractivity contribution in [3.05, 3.63) is 59.5 Å². The molecule has 21 heavy (non-hydrogen) atoms. The zero-order chi connectivity index (χ0) is 14.7. The summed E-state index contributed by atoms with van der Waals surface area (Å²) in [6.45, 7) is 2.40. The number of benzene rings is 1. The standard InChI is InChI=1S/C16H16N4O/c1-11-6-7-15(20-19-11)16(21)17-9-8-12-10-18-14-5-3-2-4-13(12)14/h2-7,10,18H,8-9H2,1H3,(H,17,21). The average Bonchev–Trinajstić information content (AvgIpc) is 2.91. The second kappa shape index (κ2) is 5.75. The molecule has 3 rings (SSSR count). The highest BCUT2D eigenvalue weighted by Gasteiger charge is 2.08. The van der Waals surface area contributed by atoms with Crippen molar-refractivity contribution in [3.63, 3.8) is 0 Å². The van der Waals surface area contributed by atoms with E-state index in [0.29, 0.717) is 12.2 Å². The van der Waals surface area contributed by atoms with Gasteiger partial charge >= 0.3 is 0 Å². The number of hydrogen-bond donors (Lipinski definition) is 2. The molecule has 0 radical (unpaired) electrons. The summed E-state index contributed by atoms with van der Waals surface area (Å²) in [5.41, 5.74) is 3.45. The van der Waals surface area contributed by atoms with Crippen LogP contribution in [-0.4, -0.2) is 27.6 Å². The number of para-hydroxylation sites is 1. The number of rotatable bonds is 4. The lowest BCUT2D eigenvalue weighted by Crippen LogP contribution is -2.26. The van der Waals surface area contributed by atoms with E-state index in [-0.39, 0.29) is 5.91 Å². The molecule has 5 nitrogen and oxygen atoms in total. The number of aromatic nitrogens is 3. The van der Waals surface area contributed by atoms with Crippen molar-refractivity contribution < 1.29 is 4.79 Å². The SMILES string of the molecule is Cc1ccc(C(=O)NCCc2c[nH]c3ccccc23)nn1. The minimum atomic E-state index is -0.192. The van der Waals surface area contributed by atoms with Crippen molar-refractivity contribution in [2.24, 2.45) is 0 Å². The lowest BCUT2D eigenvalue weighted by molar-refractivity contribution is 0.0948. The maximum absolute atomic E-state index is 11.9. The quantitative estimate of drug-likeness (QED) is 0.770. The number of nitrogens with one attached hydrogen (secondary N) is 2. The van der Waals surface area contributed by atoms with Gasteiger partial charge in [0.1, 0.15) is 0 Å². The van der Waals surface area contributed by atoms with Crippen LogP contribution >= 0.6 is 0 Å². The second-order valence-corrected chi connectivity index (χ2v) is 4.93. The molecule has 2 aromatic heterocycles. The minimum absolute atomic E-state index is 0.192. The van der Waals surface area contributed by atoms with Crippen LogP contribution in [0.1, 0.15) is 21.7 Å². The summed E-state index contributed by atoms with van der Waals surface area (Å²) in [4.78, 5) is 15.2. The van der Waals surface area contributed by atoms with Crippen LogP contribution < -0.4 is 5.32 Å². The fourth-order valence-electron chi connectivity index (χ4n) is 2.26. The van der Waals surface area contributed by atoms with Gasteiger partial charge in [-0.2, -0.15) is 5.10 Å². The van der Waals surface area contributed by atoms with E-state index >= 15 is 0 Å². The molecular formula is C16H16N4O. The van der Waals surface area contributed by atoms with Gasteiger partial charge in [0.05, 0.1) is 5.69 Å². The number of aromatic amines is 1. The Balaban J connectivity index is 1.61. The van der Waals surface area contributed by atoms with Gasteiger partial charge in [0, 0.05) is 23.6 Å². The Labute approximate surface area is 122 Å². The number of carbonyl (C=O) groups is 1. The first-order valence-electron chi connectivity index (χ1n) is 6.87. The van der Waals surface area contributed by atoms with E-state index < -0.39 is 0 Å². The first-order chi connectivity index (χ1) is 10.2. The van der Waals surface area contributed by atoms with Crippen molar-refractivity contribution in [1.82, 2.24) is 20.5 Å². The molecule has 0 fully saturated rings. The van der Waals surface area contributed by atoms with Crippen LogP contribution in [0.15, 0.2) is 42.6 Å². The van der Waals surface area contributed by atoms with Crippen molar-refractivity contribution in [2.45, 2.75) is 13.3 Å². The van der Waals surface area contributed by atoms with Crippen LogP contribution in [0.5, 0.6) is 0 Å². The molecule has 5 heteroatoms. The average molecular weight is 280 g/mol. The van der Waals surface area contributed by atoms with E-state index in [4.69, 9.17) is 0 Å². The summed E-state index contributed by atoms with van der Waals surface area (Å²) in [6, 6.07) is 11.6. The van der Waals surface area contributed by atoms with Crippen LogP contribution in [0.2, 0.25) is 0 Å². The zero-order valence-corrected chi connectivity index (χ0v) is 11.8. The molecule has 3 aromatic rings. The van der Waals surface area contributed by atoms with E-state index in [1.807, 2.05) is 31.3 Å². The van der Waals surface area contributed by atoms with Crippen molar-refractivity contribution in [3.8, 4) is 0 Å². The molecule has 0 spiro atoms. The highest BCUT2D eigenvalue weighted by molar-refractivity contribution is 5.92. The van der Waals surface area contributed by atoms with Gasteiger partial charge in [-0.15, -0.1) is 5.10 Å². The predicted octanol–water partition coefficient (Wildman–Crippen LogP) is 2.24. The van der Waals surface area contributed by atoms with Crippen LogP contribution in [0.25, 0.3) is 10.9 Å². The Kier molecular flexibility index (Phi) is 3.64. The van der Waals surface area contributed by atoms with Gasteiger partial charge in [-0.3, -0.25) is 4.79 Å². The maximum Gasteiger partial charge on any atom is 0.271 e. The molecule has 2 heterocycles. The van der Waals surface area contributed by atoms with Crippen molar-refractivity contribution in [2.75, 3.05) is 6.54 Å². The molecule has 0 bridgehead atoms. The van der Waals surface area contributed by atoms with Crippen LogP contribution in [-0.2, 0) is 6.42 Å². The lowest BCUT2D eigenvalue weighted by atomic mass is 10.1. The molecule has 0 aliphatic rings. The molecular weight excluding hydrogens is 264 g/mol. The Morgan fingerprint density at radius 1 is 1.19 bits per heavy atom. The molecule has 1 amide bonds. The van der Waals surface area contributed by atoms with Gasteiger partial charge in [0.25, 0.3) is 5.91 Å². The van der Waals surface area contributed by atoms with Gasteiger partial charge in [0.15, 0.2) is 5.69 Å². The Hall–Kier alpha value is -2.69. The number of H-pyrrole nitrogens is 1. The highest BCUT2D eigenvalue weighted by atomic mass is 16.1. The lowest BCUT2D eigenvalue weighted by Gasteiger charge is -2.04. The van der Waals surface area contributed by atoms with E-state index in [1.165, 1.54) is 10.9 Å². The third kappa shape index (κ3) is 2.91. The molecule has 0 unspecified atom stereocenters. The molecule has 1 aromatic carbocycles. The van der Waals surface area contributed by atoms with Crippen molar-refractivity contribution in [1.29, 1.82) is 0 Å². The monoisotopic (exact) mass is 280 g/mol. The third-order valence-electron chi connectivity index (χ3n) is 3.39. The highest BCUT2D eigenvalue weighted by Crippen LogP contribution is 2.17. The summed E-state index contributed by atoms with van der Waals surface area (Å²) in [5, 5.41) is 11.8.